The number of imide groups is 1. The summed E-state index contributed by atoms with van der Waals surface area (Å²) in [7, 11) is 0. The van der Waals surface area contributed by atoms with E-state index in [2.05, 4.69) is 5.32 Å². The van der Waals surface area contributed by atoms with Crippen molar-refractivity contribution in [3.05, 3.63) is 29.8 Å². The number of nitrogens with one attached hydrogen (secondary N) is 1. The highest BCUT2D eigenvalue weighted by atomic mass is 19.2. The lowest BCUT2D eigenvalue weighted by Gasteiger charge is -2.15. The molecule has 1 fully saturated rings. The second kappa shape index (κ2) is 5.34. The van der Waals surface area contributed by atoms with E-state index in [4.69, 9.17) is 0 Å². The van der Waals surface area contributed by atoms with Crippen molar-refractivity contribution in [3.63, 3.8) is 0 Å². The van der Waals surface area contributed by atoms with E-state index in [0.717, 1.165) is 12.1 Å². The lowest BCUT2D eigenvalue weighted by atomic mass is 10.2. The highest BCUT2D eigenvalue weighted by molar-refractivity contribution is 6.06. The fourth-order valence-electron chi connectivity index (χ4n) is 2.04. The molecule has 102 valence electrons. The Kier molecular flexibility index (Phi) is 3.78. The van der Waals surface area contributed by atoms with E-state index in [0.29, 0.717) is 13.0 Å². The maximum absolute atomic E-state index is 13.0. The van der Waals surface area contributed by atoms with Crippen LogP contribution in [0.15, 0.2) is 18.2 Å². The summed E-state index contributed by atoms with van der Waals surface area (Å²) in [5, 5.41) is 2.76. The van der Waals surface area contributed by atoms with Crippen molar-refractivity contribution in [2.24, 2.45) is 0 Å². The van der Waals surface area contributed by atoms with Crippen molar-refractivity contribution < 1.29 is 18.4 Å². The van der Waals surface area contributed by atoms with Gasteiger partial charge in [0.25, 0.3) is 5.91 Å². The summed E-state index contributed by atoms with van der Waals surface area (Å²) in [6, 6.07) is 2.57. The first-order chi connectivity index (χ1) is 9.02. The fourth-order valence-corrected chi connectivity index (χ4v) is 2.04. The number of hydrogen-bond donors (Lipinski definition) is 1. The second-order valence-electron chi connectivity index (χ2n) is 4.41. The lowest BCUT2D eigenvalue weighted by molar-refractivity contribution is -0.138. The lowest BCUT2D eigenvalue weighted by Crippen LogP contribution is -2.35. The van der Waals surface area contributed by atoms with Crippen LogP contribution in [0, 0.1) is 11.6 Å². The van der Waals surface area contributed by atoms with Crippen LogP contribution in [0.1, 0.15) is 19.8 Å². The predicted octanol–water partition coefficient (Wildman–Crippen LogP) is 1.91. The van der Waals surface area contributed by atoms with E-state index in [-0.39, 0.29) is 23.9 Å². The first-order valence-electron chi connectivity index (χ1n) is 6.08. The third kappa shape index (κ3) is 2.72. The maximum atomic E-state index is 13.0. The Morgan fingerprint density at radius 1 is 1.32 bits per heavy atom. The molecule has 0 aliphatic carbocycles. The van der Waals surface area contributed by atoms with Gasteiger partial charge in [0.1, 0.15) is 6.04 Å². The van der Waals surface area contributed by atoms with Gasteiger partial charge in [0, 0.05) is 18.3 Å². The minimum Gasteiger partial charge on any atom is -0.373 e. The van der Waals surface area contributed by atoms with Crippen molar-refractivity contribution >= 4 is 17.5 Å². The Labute approximate surface area is 109 Å². The van der Waals surface area contributed by atoms with E-state index in [1.807, 2.05) is 6.92 Å². The van der Waals surface area contributed by atoms with Gasteiger partial charge in [-0.25, -0.2) is 8.78 Å². The number of halogens is 2. The zero-order valence-corrected chi connectivity index (χ0v) is 10.5. The topological polar surface area (TPSA) is 49.4 Å². The molecule has 0 saturated carbocycles. The summed E-state index contributed by atoms with van der Waals surface area (Å²) in [6.45, 7) is 2.25. The largest absolute Gasteiger partial charge is 0.373 e. The van der Waals surface area contributed by atoms with E-state index < -0.39 is 17.7 Å². The summed E-state index contributed by atoms with van der Waals surface area (Å²) in [5.41, 5.74) is 0.281. The monoisotopic (exact) mass is 268 g/mol. The number of anilines is 1. The molecule has 1 aliphatic heterocycles. The van der Waals surface area contributed by atoms with E-state index in [1.54, 1.807) is 0 Å². The molecule has 0 radical (unpaired) electrons. The van der Waals surface area contributed by atoms with Crippen molar-refractivity contribution in [1.82, 2.24) is 4.90 Å². The standard InChI is InChI=1S/C13H14F2N2O2/c1-2-5-17-12(18)7-11(13(17)19)16-8-3-4-9(14)10(15)6-8/h3-4,6,11,16H,2,5,7H2,1H3. The summed E-state index contributed by atoms with van der Waals surface area (Å²) in [6.07, 6.45) is 0.729. The minimum absolute atomic E-state index is 0.0395. The number of rotatable bonds is 4. The van der Waals surface area contributed by atoms with Gasteiger partial charge in [0.15, 0.2) is 11.6 Å². The average molecular weight is 268 g/mol. The number of nitrogens with zero attached hydrogens (tertiary/aromatic N) is 1. The van der Waals surface area contributed by atoms with Gasteiger partial charge in [-0.2, -0.15) is 0 Å². The molecule has 1 aliphatic rings. The molecule has 1 aromatic rings. The van der Waals surface area contributed by atoms with Crippen LogP contribution >= 0.6 is 0 Å². The molecule has 6 heteroatoms. The molecular weight excluding hydrogens is 254 g/mol. The van der Waals surface area contributed by atoms with Gasteiger partial charge in [0.2, 0.25) is 5.91 Å². The predicted molar refractivity (Wildman–Crippen MR) is 65.4 cm³/mol. The maximum Gasteiger partial charge on any atom is 0.252 e. The second-order valence-corrected chi connectivity index (χ2v) is 4.41. The van der Waals surface area contributed by atoms with Crippen LogP contribution in [-0.4, -0.2) is 29.3 Å². The molecule has 1 saturated heterocycles. The summed E-state index contributed by atoms with van der Waals surface area (Å²) in [4.78, 5) is 24.8. The zero-order chi connectivity index (χ0) is 14.0. The van der Waals surface area contributed by atoms with Crippen LogP contribution in [-0.2, 0) is 9.59 Å². The fraction of sp³-hybridized carbons (Fsp3) is 0.385. The highest BCUT2D eigenvalue weighted by Gasteiger charge is 2.37. The van der Waals surface area contributed by atoms with E-state index >= 15 is 0 Å². The number of benzene rings is 1. The molecule has 0 bridgehead atoms. The number of likely N-dealkylation sites (tertiary alicyclic amines) is 1. The average Bonchev–Trinajstić information content (AvgIpc) is 2.62. The minimum atomic E-state index is -0.993. The molecule has 0 aromatic heterocycles. The van der Waals surface area contributed by atoms with Gasteiger partial charge in [-0.1, -0.05) is 6.92 Å². The molecule has 1 heterocycles. The molecule has 2 amide bonds. The Bertz CT molecular complexity index is 519. The molecule has 1 N–H and O–H groups in total. The zero-order valence-electron chi connectivity index (χ0n) is 10.5. The van der Waals surface area contributed by atoms with Crippen LogP contribution in [0.3, 0.4) is 0 Å². The summed E-state index contributed by atoms with van der Waals surface area (Å²) < 4.78 is 25.8. The number of hydrogen-bond acceptors (Lipinski definition) is 3. The number of carbonyl (C=O) groups is 2. The molecule has 4 nitrogen and oxygen atoms in total. The van der Waals surface area contributed by atoms with E-state index in [1.165, 1.54) is 11.0 Å². The SMILES string of the molecule is CCCN1C(=O)CC(Nc2ccc(F)c(F)c2)C1=O. The molecular formula is C13H14F2N2O2. The summed E-state index contributed by atoms with van der Waals surface area (Å²) in [5.74, 6) is -2.51. The van der Waals surface area contributed by atoms with Crippen LogP contribution in [0.25, 0.3) is 0 Å². The Morgan fingerprint density at radius 3 is 2.68 bits per heavy atom. The van der Waals surface area contributed by atoms with Gasteiger partial charge in [-0.15, -0.1) is 0 Å². The van der Waals surface area contributed by atoms with Crippen LogP contribution in [0.5, 0.6) is 0 Å². The molecule has 1 aromatic carbocycles. The van der Waals surface area contributed by atoms with Crippen molar-refractivity contribution in [1.29, 1.82) is 0 Å². The highest BCUT2D eigenvalue weighted by Crippen LogP contribution is 2.20. The van der Waals surface area contributed by atoms with Crippen LogP contribution < -0.4 is 5.32 Å². The third-order valence-electron chi connectivity index (χ3n) is 2.95. The van der Waals surface area contributed by atoms with Gasteiger partial charge >= 0.3 is 0 Å². The van der Waals surface area contributed by atoms with Crippen LogP contribution in [0.4, 0.5) is 14.5 Å². The number of carbonyl (C=O) groups excluding carboxylic acids is 2. The van der Waals surface area contributed by atoms with Gasteiger partial charge in [0.05, 0.1) is 6.42 Å². The van der Waals surface area contributed by atoms with Gasteiger partial charge < -0.3 is 5.32 Å². The normalized spacial score (nSPS) is 19.1. The third-order valence-corrected chi connectivity index (χ3v) is 2.95. The van der Waals surface area contributed by atoms with Crippen molar-refractivity contribution in [2.75, 3.05) is 11.9 Å². The van der Waals surface area contributed by atoms with Crippen LogP contribution in [0.2, 0.25) is 0 Å². The Balaban J connectivity index is 2.09. The quantitative estimate of drug-likeness (QED) is 0.849. The Morgan fingerprint density at radius 2 is 2.05 bits per heavy atom. The van der Waals surface area contributed by atoms with Crippen molar-refractivity contribution in [3.8, 4) is 0 Å². The molecule has 1 atom stereocenters. The van der Waals surface area contributed by atoms with Gasteiger partial charge in [-0.05, 0) is 18.6 Å². The van der Waals surface area contributed by atoms with E-state index in [9.17, 15) is 18.4 Å². The Hall–Kier alpha value is -1.98. The van der Waals surface area contributed by atoms with Gasteiger partial charge in [-0.3, -0.25) is 14.5 Å². The molecule has 2 rings (SSSR count). The smallest absolute Gasteiger partial charge is 0.252 e. The number of amides is 2. The first-order valence-corrected chi connectivity index (χ1v) is 6.08. The first kappa shape index (κ1) is 13.5. The molecule has 0 spiro atoms. The van der Waals surface area contributed by atoms with Crippen molar-refractivity contribution in [2.45, 2.75) is 25.8 Å². The molecule has 1 unspecified atom stereocenters. The summed E-state index contributed by atoms with van der Waals surface area (Å²) >= 11 is 0. The molecule has 19 heavy (non-hydrogen) atoms.